The van der Waals surface area contributed by atoms with Gasteiger partial charge in [-0.2, -0.15) is 0 Å². The highest BCUT2D eigenvalue weighted by atomic mass is 16.5. The van der Waals surface area contributed by atoms with Crippen LogP contribution >= 0.6 is 0 Å². The van der Waals surface area contributed by atoms with Crippen molar-refractivity contribution in [3.63, 3.8) is 0 Å². The lowest BCUT2D eigenvalue weighted by Crippen LogP contribution is -2.05. The minimum absolute atomic E-state index is 0.577. The van der Waals surface area contributed by atoms with E-state index in [-0.39, 0.29) is 0 Å². The van der Waals surface area contributed by atoms with Crippen molar-refractivity contribution < 1.29 is 4.74 Å². The van der Waals surface area contributed by atoms with Crippen LogP contribution < -0.4 is 10.1 Å². The van der Waals surface area contributed by atoms with E-state index in [1.807, 2.05) is 31.3 Å². The lowest BCUT2D eigenvalue weighted by molar-refractivity contribution is 0.460. The smallest absolute Gasteiger partial charge is 0.219 e. The van der Waals surface area contributed by atoms with E-state index in [2.05, 4.69) is 15.3 Å². The van der Waals surface area contributed by atoms with Crippen LogP contribution in [0.25, 0.3) is 0 Å². The van der Waals surface area contributed by atoms with Crippen molar-refractivity contribution in [3.8, 4) is 11.6 Å². The van der Waals surface area contributed by atoms with Gasteiger partial charge in [-0.05, 0) is 24.7 Å². The van der Waals surface area contributed by atoms with Crippen molar-refractivity contribution in [2.24, 2.45) is 0 Å². The Morgan fingerprint density at radius 1 is 1.25 bits per heavy atom. The van der Waals surface area contributed by atoms with Gasteiger partial charge in [0.2, 0.25) is 5.88 Å². The van der Waals surface area contributed by atoms with Gasteiger partial charge in [0.25, 0.3) is 0 Å². The molecule has 2 aromatic rings. The molecule has 0 atom stereocenters. The summed E-state index contributed by atoms with van der Waals surface area (Å²) in [5.74, 6) is 1.27. The Balaban J connectivity index is 2.05. The summed E-state index contributed by atoms with van der Waals surface area (Å²) in [5, 5.41) is 3.06. The molecule has 0 unspecified atom stereocenters. The van der Waals surface area contributed by atoms with Crippen LogP contribution in [0, 0.1) is 0 Å². The highest BCUT2D eigenvalue weighted by molar-refractivity contribution is 5.24. The van der Waals surface area contributed by atoms with Crippen LogP contribution in [0.5, 0.6) is 11.6 Å². The van der Waals surface area contributed by atoms with Gasteiger partial charge in [-0.25, -0.2) is 4.98 Å². The lowest BCUT2D eigenvalue weighted by Gasteiger charge is -2.04. The highest BCUT2D eigenvalue weighted by Crippen LogP contribution is 2.17. The first-order chi connectivity index (χ1) is 7.88. The minimum atomic E-state index is 0.577. The summed E-state index contributed by atoms with van der Waals surface area (Å²) in [4.78, 5) is 8.17. The Morgan fingerprint density at radius 3 is 2.81 bits per heavy atom. The normalized spacial score (nSPS) is 10.1. The Kier molecular flexibility index (Phi) is 3.46. The Morgan fingerprint density at radius 2 is 2.19 bits per heavy atom. The first-order valence-electron chi connectivity index (χ1n) is 5.06. The van der Waals surface area contributed by atoms with Gasteiger partial charge in [0.1, 0.15) is 5.75 Å². The van der Waals surface area contributed by atoms with Crippen molar-refractivity contribution in [1.29, 1.82) is 0 Å². The van der Waals surface area contributed by atoms with E-state index < -0.39 is 0 Å². The summed E-state index contributed by atoms with van der Waals surface area (Å²) in [6.07, 6.45) is 5.15. The van der Waals surface area contributed by atoms with Crippen LogP contribution in [-0.2, 0) is 6.54 Å². The van der Waals surface area contributed by atoms with E-state index in [0.29, 0.717) is 11.6 Å². The molecule has 4 nitrogen and oxygen atoms in total. The minimum Gasteiger partial charge on any atom is -0.437 e. The molecular weight excluding hydrogens is 202 g/mol. The standard InChI is InChI=1S/C12H13N3O/c1-13-7-10-4-5-12(15-8-10)16-11-3-2-6-14-9-11/h2-6,8-9,13H,7H2,1H3. The van der Waals surface area contributed by atoms with Crippen molar-refractivity contribution >= 4 is 0 Å². The second kappa shape index (κ2) is 5.23. The zero-order valence-electron chi connectivity index (χ0n) is 9.05. The number of nitrogens with zero attached hydrogens (tertiary/aromatic N) is 2. The molecule has 16 heavy (non-hydrogen) atoms. The van der Waals surface area contributed by atoms with Crippen LogP contribution in [0.4, 0.5) is 0 Å². The van der Waals surface area contributed by atoms with Crippen molar-refractivity contribution in [2.45, 2.75) is 6.54 Å². The molecule has 0 aliphatic carbocycles. The SMILES string of the molecule is CNCc1ccc(Oc2cccnc2)nc1. The fourth-order valence-corrected chi connectivity index (χ4v) is 1.31. The van der Waals surface area contributed by atoms with E-state index in [1.54, 1.807) is 18.6 Å². The van der Waals surface area contributed by atoms with Crippen LogP contribution in [0.2, 0.25) is 0 Å². The third-order valence-corrected chi connectivity index (χ3v) is 2.04. The van der Waals surface area contributed by atoms with Crippen LogP contribution in [0.1, 0.15) is 5.56 Å². The first-order valence-corrected chi connectivity index (χ1v) is 5.06. The van der Waals surface area contributed by atoms with Gasteiger partial charge >= 0.3 is 0 Å². The predicted molar refractivity (Wildman–Crippen MR) is 61.3 cm³/mol. The van der Waals surface area contributed by atoms with Crippen molar-refractivity contribution in [2.75, 3.05) is 7.05 Å². The molecule has 2 aromatic heterocycles. The quantitative estimate of drug-likeness (QED) is 0.847. The molecule has 0 aliphatic rings. The van der Waals surface area contributed by atoms with Gasteiger partial charge in [-0.15, -0.1) is 0 Å². The number of hydrogen-bond acceptors (Lipinski definition) is 4. The molecular formula is C12H13N3O. The predicted octanol–water partition coefficient (Wildman–Crippen LogP) is 1.99. The molecule has 0 spiro atoms. The fraction of sp³-hybridized carbons (Fsp3) is 0.167. The summed E-state index contributed by atoms with van der Waals surface area (Å²) in [6.45, 7) is 0.806. The average molecular weight is 215 g/mol. The molecule has 0 aromatic carbocycles. The zero-order chi connectivity index (χ0) is 11.2. The molecule has 4 heteroatoms. The van der Waals surface area contributed by atoms with Gasteiger partial charge < -0.3 is 10.1 Å². The molecule has 1 N–H and O–H groups in total. The number of nitrogens with one attached hydrogen (secondary N) is 1. The molecule has 0 saturated heterocycles. The molecule has 0 bridgehead atoms. The van der Waals surface area contributed by atoms with E-state index in [1.165, 1.54) is 0 Å². The Labute approximate surface area is 94.3 Å². The van der Waals surface area contributed by atoms with Gasteiger partial charge in [0.15, 0.2) is 0 Å². The van der Waals surface area contributed by atoms with Crippen molar-refractivity contribution in [1.82, 2.24) is 15.3 Å². The fourth-order valence-electron chi connectivity index (χ4n) is 1.31. The number of ether oxygens (including phenoxy) is 1. The topological polar surface area (TPSA) is 47.0 Å². The van der Waals surface area contributed by atoms with E-state index in [4.69, 9.17) is 4.74 Å². The van der Waals surface area contributed by atoms with E-state index in [0.717, 1.165) is 12.1 Å². The molecule has 0 fully saturated rings. The van der Waals surface area contributed by atoms with Crippen molar-refractivity contribution in [3.05, 3.63) is 48.4 Å². The average Bonchev–Trinajstić information content (AvgIpc) is 2.33. The van der Waals surface area contributed by atoms with Gasteiger partial charge in [-0.3, -0.25) is 4.98 Å². The molecule has 2 heterocycles. The van der Waals surface area contributed by atoms with Gasteiger partial charge in [0.05, 0.1) is 6.20 Å². The zero-order valence-corrected chi connectivity index (χ0v) is 9.05. The maximum absolute atomic E-state index is 5.52. The molecule has 0 aliphatic heterocycles. The van der Waals surface area contributed by atoms with Gasteiger partial charge in [-0.1, -0.05) is 6.07 Å². The number of hydrogen-bond donors (Lipinski definition) is 1. The number of aromatic nitrogens is 2. The second-order valence-electron chi connectivity index (χ2n) is 3.33. The lowest BCUT2D eigenvalue weighted by atomic mass is 10.3. The monoisotopic (exact) mass is 215 g/mol. The molecule has 0 amide bonds. The molecule has 2 rings (SSSR count). The van der Waals surface area contributed by atoms with E-state index >= 15 is 0 Å². The molecule has 0 saturated carbocycles. The van der Waals surface area contributed by atoms with Crippen LogP contribution in [0.3, 0.4) is 0 Å². The first kappa shape index (κ1) is 10.6. The maximum Gasteiger partial charge on any atom is 0.219 e. The highest BCUT2D eigenvalue weighted by Gasteiger charge is 1.98. The molecule has 82 valence electrons. The Hall–Kier alpha value is -1.94. The largest absolute Gasteiger partial charge is 0.437 e. The number of rotatable bonds is 4. The summed E-state index contributed by atoms with van der Waals surface area (Å²) in [7, 11) is 1.90. The summed E-state index contributed by atoms with van der Waals surface area (Å²) >= 11 is 0. The summed E-state index contributed by atoms with van der Waals surface area (Å²) in [6, 6.07) is 7.50. The van der Waals surface area contributed by atoms with Crippen LogP contribution in [0.15, 0.2) is 42.9 Å². The maximum atomic E-state index is 5.52. The second-order valence-corrected chi connectivity index (χ2v) is 3.33. The third-order valence-electron chi connectivity index (χ3n) is 2.04. The summed E-state index contributed by atoms with van der Waals surface area (Å²) in [5.41, 5.74) is 1.13. The number of pyridine rings is 2. The van der Waals surface area contributed by atoms with E-state index in [9.17, 15) is 0 Å². The molecule has 0 radical (unpaired) electrons. The third kappa shape index (κ3) is 2.77. The van der Waals surface area contributed by atoms with Gasteiger partial charge in [0, 0.05) is 25.0 Å². The van der Waals surface area contributed by atoms with Crippen LogP contribution in [-0.4, -0.2) is 17.0 Å². The Bertz CT molecular complexity index is 428. The summed E-state index contributed by atoms with van der Waals surface area (Å²) < 4.78 is 5.52.